The Labute approximate surface area is 320 Å². The Balaban J connectivity index is 4.40. The molecular formula is C43H79NO7P+. The van der Waals surface area contributed by atoms with Crippen molar-refractivity contribution in [3.05, 3.63) is 60.8 Å². The Morgan fingerprint density at radius 1 is 0.615 bits per heavy atom. The van der Waals surface area contributed by atoms with Crippen LogP contribution >= 0.6 is 7.82 Å². The molecule has 0 saturated carbocycles. The Bertz CT molecular complexity index is 1020. The highest BCUT2D eigenvalue weighted by molar-refractivity contribution is 7.47. The summed E-state index contributed by atoms with van der Waals surface area (Å²) in [5, 5.41) is 0. The average Bonchev–Trinajstić information content (AvgIpc) is 3.09. The monoisotopic (exact) mass is 753 g/mol. The van der Waals surface area contributed by atoms with Gasteiger partial charge >= 0.3 is 13.8 Å². The standard InChI is InChI=1S/C43H78NO7P/c1-6-8-10-12-14-16-18-20-22-23-25-27-29-31-33-35-38-48-40-42(41-50-52(46,47)49-39-37-44(3,4)5)51-43(45)36-34-32-30-28-26-24-21-19-17-15-13-11-9-7-2/h8,10,14,16,20,22,25,27,31,33,42H,6-7,9,11-13,15,17-19,21,23-24,26,28-30,32,34-41H2,1-5H3/p+1/b10-8-,16-14-,22-20-,27-25-,33-31-. The van der Waals surface area contributed by atoms with Crippen LogP contribution in [0.2, 0.25) is 0 Å². The summed E-state index contributed by atoms with van der Waals surface area (Å²) in [5.74, 6) is -0.340. The molecule has 0 aliphatic carbocycles. The van der Waals surface area contributed by atoms with E-state index in [1.54, 1.807) is 0 Å². The molecule has 0 radical (unpaired) electrons. The molecule has 302 valence electrons. The SMILES string of the molecule is CC/C=C\C/C=C\C/C=C\C/C=C\C/C=C\CCOCC(COP(=O)(O)OCC[N+](C)(C)C)OC(=O)CCCCCCCCCCCCCCCC. The van der Waals surface area contributed by atoms with E-state index in [-0.39, 0.29) is 25.8 Å². The summed E-state index contributed by atoms with van der Waals surface area (Å²) in [6.45, 7) is 5.27. The molecule has 0 aliphatic rings. The van der Waals surface area contributed by atoms with Gasteiger partial charge in [-0.2, -0.15) is 0 Å². The number of hydrogen-bond donors (Lipinski definition) is 1. The maximum atomic E-state index is 12.6. The van der Waals surface area contributed by atoms with Crippen molar-refractivity contribution in [2.45, 2.75) is 155 Å². The van der Waals surface area contributed by atoms with Gasteiger partial charge in [0.1, 0.15) is 19.3 Å². The molecule has 0 aliphatic heterocycles. The molecule has 0 bridgehead atoms. The number of carbonyl (C=O) groups is 1. The molecule has 0 fully saturated rings. The van der Waals surface area contributed by atoms with Crippen molar-refractivity contribution in [2.24, 2.45) is 0 Å². The highest BCUT2D eigenvalue weighted by Crippen LogP contribution is 2.43. The van der Waals surface area contributed by atoms with Crippen molar-refractivity contribution >= 4 is 13.8 Å². The van der Waals surface area contributed by atoms with Gasteiger partial charge in [-0.15, -0.1) is 0 Å². The molecule has 2 unspecified atom stereocenters. The topological polar surface area (TPSA) is 91.3 Å². The van der Waals surface area contributed by atoms with Crippen molar-refractivity contribution < 1.29 is 37.3 Å². The van der Waals surface area contributed by atoms with Crippen LogP contribution in [0.3, 0.4) is 0 Å². The largest absolute Gasteiger partial charge is 0.472 e. The van der Waals surface area contributed by atoms with E-state index in [1.807, 2.05) is 21.1 Å². The quantitative estimate of drug-likeness (QED) is 0.0222. The van der Waals surface area contributed by atoms with Gasteiger partial charge in [0.05, 0.1) is 41.0 Å². The molecule has 0 heterocycles. The Morgan fingerprint density at radius 2 is 1.08 bits per heavy atom. The first kappa shape index (κ1) is 50.2. The first-order valence-electron chi connectivity index (χ1n) is 20.5. The van der Waals surface area contributed by atoms with Gasteiger partial charge in [0.25, 0.3) is 0 Å². The molecule has 52 heavy (non-hydrogen) atoms. The highest BCUT2D eigenvalue weighted by Gasteiger charge is 2.26. The predicted molar refractivity (Wildman–Crippen MR) is 219 cm³/mol. The van der Waals surface area contributed by atoms with Gasteiger partial charge in [-0.05, 0) is 44.9 Å². The zero-order valence-corrected chi connectivity index (χ0v) is 34.9. The molecule has 1 N–H and O–H groups in total. The zero-order valence-electron chi connectivity index (χ0n) is 34.0. The van der Waals surface area contributed by atoms with E-state index < -0.39 is 13.9 Å². The Morgan fingerprint density at radius 3 is 1.56 bits per heavy atom. The Kier molecular flexibility index (Phi) is 34.9. The van der Waals surface area contributed by atoms with E-state index in [0.717, 1.165) is 51.4 Å². The zero-order chi connectivity index (χ0) is 38.4. The minimum absolute atomic E-state index is 0.0740. The normalized spacial score (nSPS) is 14.5. The summed E-state index contributed by atoms with van der Waals surface area (Å²) in [4.78, 5) is 22.8. The summed E-state index contributed by atoms with van der Waals surface area (Å²) < 4.78 is 34.8. The van der Waals surface area contributed by atoms with Gasteiger partial charge in [-0.1, -0.05) is 158 Å². The van der Waals surface area contributed by atoms with Crippen molar-refractivity contribution in [1.29, 1.82) is 0 Å². The van der Waals surface area contributed by atoms with Gasteiger partial charge in [-0.25, -0.2) is 4.57 Å². The number of esters is 1. The van der Waals surface area contributed by atoms with Gasteiger partial charge in [-0.3, -0.25) is 13.8 Å². The Hall–Kier alpha value is -1.80. The number of likely N-dealkylation sites (N-methyl/N-ethyl adjacent to an activating group) is 1. The lowest BCUT2D eigenvalue weighted by Gasteiger charge is -2.24. The van der Waals surface area contributed by atoms with E-state index in [9.17, 15) is 14.3 Å². The molecule has 8 nitrogen and oxygen atoms in total. The van der Waals surface area contributed by atoms with Gasteiger partial charge in [0.2, 0.25) is 0 Å². The number of unbranched alkanes of at least 4 members (excludes halogenated alkanes) is 13. The number of rotatable bonds is 37. The number of nitrogens with zero attached hydrogens (tertiary/aromatic N) is 1. The second-order valence-electron chi connectivity index (χ2n) is 14.6. The number of hydrogen-bond acceptors (Lipinski definition) is 6. The number of phosphoric ester groups is 1. The minimum atomic E-state index is -4.29. The van der Waals surface area contributed by atoms with E-state index in [1.165, 1.54) is 70.6 Å². The second-order valence-corrected chi connectivity index (χ2v) is 16.1. The number of allylic oxidation sites excluding steroid dienone is 9. The van der Waals surface area contributed by atoms with Crippen LogP contribution in [0.4, 0.5) is 0 Å². The molecule has 0 rings (SSSR count). The average molecular weight is 753 g/mol. The summed E-state index contributed by atoms with van der Waals surface area (Å²) in [6.07, 6.45) is 44.2. The van der Waals surface area contributed by atoms with Crippen LogP contribution in [-0.2, 0) is 27.9 Å². The van der Waals surface area contributed by atoms with E-state index in [4.69, 9.17) is 18.5 Å². The number of ether oxygens (including phenoxy) is 2. The number of quaternary nitrogens is 1. The summed E-state index contributed by atoms with van der Waals surface area (Å²) in [7, 11) is 1.62. The lowest BCUT2D eigenvalue weighted by atomic mass is 10.0. The molecule has 0 saturated heterocycles. The number of carbonyl (C=O) groups excluding carboxylic acids is 1. The minimum Gasteiger partial charge on any atom is -0.457 e. The predicted octanol–water partition coefficient (Wildman–Crippen LogP) is 11.8. The fraction of sp³-hybridized carbons (Fsp3) is 0.744. The van der Waals surface area contributed by atoms with Gasteiger partial charge in [0, 0.05) is 6.42 Å². The third-order valence-corrected chi connectivity index (χ3v) is 9.35. The molecule has 0 spiro atoms. The van der Waals surface area contributed by atoms with E-state index in [0.29, 0.717) is 30.5 Å². The first-order chi connectivity index (χ1) is 25.1. The van der Waals surface area contributed by atoms with E-state index >= 15 is 0 Å². The van der Waals surface area contributed by atoms with Crippen LogP contribution in [0.25, 0.3) is 0 Å². The first-order valence-corrected chi connectivity index (χ1v) is 22.0. The molecule has 0 aromatic carbocycles. The third-order valence-electron chi connectivity index (χ3n) is 8.36. The second kappa shape index (κ2) is 36.2. The van der Waals surface area contributed by atoms with Crippen LogP contribution in [0.1, 0.15) is 149 Å². The van der Waals surface area contributed by atoms with Crippen molar-refractivity contribution in [2.75, 3.05) is 54.1 Å². The summed E-state index contributed by atoms with van der Waals surface area (Å²) in [6, 6.07) is 0. The maximum absolute atomic E-state index is 12.6. The van der Waals surface area contributed by atoms with Crippen LogP contribution in [0.15, 0.2) is 60.8 Å². The molecular weight excluding hydrogens is 673 g/mol. The summed E-state index contributed by atoms with van der Waals surface area (Å²) in [5.41, 5.74) is 0. The molecule has 0 aromatic rings. The van der Waals surface area contributed by atoms with Crippen LogP contribution in [0, 0.1) is 0 Å². The smallest absolute Gasteiger partial charge is 0.457 e. The molecule has 2 atom stereocenters. The van der Waals surface area contributed by atoms with Crippen LogP contribution in [-0.4, -0.2) is 75.6 Å². The van der Waals surface area contributed by atoms with Gasteiger partial charge in [0.15, 0.2) is 0 Å². The lowest BCUT2D eigenvalue weighted by molar-refractivity contribution is -0.870. The van der Waals surface area contributed by atoms with Crippen LogP contribution in [0.5, 0.6) is 0 Å². The maximum Gasteiger partial charge on any atom is 0.472 e. The third kappa shape index (κ3) is 39.4. The number of phosphoric acid groups is 1. The molecule has 0 amide bonds. The van der Waals surface area contributed by atoms with Crippen molar-refractivity contribution in [1.82, 2.24) is 0 Å². The van der Waals surface area contributed by atoms with Crippen molar-refractivity contribution in [3.8, 4) is 0 Å². The summed E-state index contributed by atoms with van der Waals surface area (Å²) >= 11 is 0. The van der Waals surface area contributed by atoms with Gasteiger partial charge < -0.3 is 18.9 Å². The molecule has 9 heteroatoms. The fourth-order valence-electron chi connectivity index (χ4n) is 5.20. The van der Waals surface area contributed by atoms with Crippen LogP contribution < -0.4 is 0 Å². The lowest BCUT2D eigenvalue weighted by Crippen LogP contribution is -2.37. The highest BCUT2D eigenvalue weighted by atomic mass is 31.2. The van der Waals surface area contributed by atoms with E-state index in [2.05, 4.69) is 74.6 Å². The van der Waals surface area contributed by atoms with Crippen molar-refractivity contribution in [3.63, 3.8) is 0 Å². The fourth-order valence-corrected chi connectivity index (χ4v) is 5.95. The molecule has 0 aromatic heterocycles.